The summed E-state index contributed by atoms with van der Waals surface area (Å²) >= 11 is 0. The van der Waals surface area contributed by atoms with Gasteiger partial charge in [-0.05, 0) is 49.3 Å². The maximum absolute atomic E-state index is 3.58. The SMILES string of the molecule is CCCCc1cc(CNC2CC2)ccc1C. The van der Waals surface area contributed by atoms with E-state index in [4.69, 9.17) is 0 Å². The highest BCUT2D eigenvalue weighted by Crippen LogP contribution is 2.20. The lowest BCUT2D eigenvalue weighted by molar-refractivity contribution is 0.686. The van der Waals surface area contributed by atoms with E-state index in [-0.39, 0.29) is 0 Å². The molecule has 0 radical (unpaired) electrons. The molecule has 0 bridgehead atoms. The molecule has 1 N–H and O–H groups in total. The van der Waals surface area contributed by atoms with Gasteiger partial charge < -0.3 is 5.32 Å². The van der Waals surface area contributed by atoms with Gasteiger partial charge in [-0.1, -0.05) is 31.5 Å². The summed E-state index contributed by atoms with van der Waals surface area (Å²) in [5.41, 5.74) is 4.43. The average Bonchev–Trinajstić information content (AvgIpc) is 3.10. The van der Waals surface area contributed by atoms with Gasteiger partial charge in [-0.2, -0.15) is 0 Å². The second-order valence-corrected chi connectivity index (χ2v) is 5.02. The van der Waals surface area contributed by atoms with E-state index in [1.54, 1.807) is 0 Å². The molecule has 0 aliphatic heterocycles. The van der Waals surface area contributed by atoms with Crippen molar-refractivity contribution in [3.63, 3.8) is 0 Å². The number of aryl methyl sites for hydroxylation is 2. The molecule has 1 saturated carbocycles. The first-order valence-electron chi connectivity index (χ1n) is 6.61. The summed E-state index contributed by atoms with van der Waals surface area (Å²) in [7, 11) is 0. The lowest BCUT2D eigenvalue weighted by atomic mass is 10.0. The van der Waals surface area contributed by atoms with Gasteiger partial charge in [-0.15, -0.1) is 0 Å². The standard InChI is InChI=1S/C15H23N/c1-3-4-5-14-10-13(7-6-12(14)2)11-16-15-8-9-15/h6-7,10,15-16H,3-5,8-9,11H2,1-2H3. The molecule has 2 rings (SSSR count). The van der Waals surface area contributed by atoms with Crippen LogP contribution in [0.2, 0.25) is 0 Å². The third-order valence-corrected chi connectivity index (χ3v) is 3.39. The van der Waals surface area contributed by atoms with Crippen LogP contribution >= 0.6 is 0 Å². The van der Waals surface area contributed by atoms with Crippen LogP contribution < -0.4 is 5.32 Å². The van der Waals surface area contributed by atoms with Crippen LogP contribution in [0.5, 0.6) is 0 Å². The first-order valence-corrected chi connectivity index (χ1v) is 6.61. The summed E-state index contributed by atoms with van der Waals surface area (Å²) in [6, 6.07) is 7.73. The fourth-order valence-electron chi connectivity index (χ4n) is 2.02. The minimum absolute atomic E-state index is 0.806. The summed E-state index contributed by atoms with van der Waals surface area (Å²) in [5.74, 6) is 0. The summed E-state index contributed by atoms with van der Waals surface area (Å²) in [5, 5.41) is 3.58. The van der Waals surface area contributed by atoms with Gasteiger partial charge >= 0.3 is 0 Å². The molecule has 0 amide bonds. The Morgan fingerprint density at radius 1 is 1.31 bits per heavy atom. The number of rotatable bonds is 6. The maximum Gasteiger partial charge on any atom is 0.0208 e. The van der Waals surface area contributed by atoms with E-state index >= 15 is 0 Å². The highest BCUT2D eigenvalue weighted by molar-refractivity contribution is 5.31. The zero-order chi connectivity index (χ0) is 11.4. The third kappa shape index (κ3) is 3.34. The lowest BCUT2D eigenvalue weighted by Crippen LogP contribution is -2.15. The highest BCUT2D eigenvalue weighted by Gasteiger charge is 2.19. The van der Waals surface area contributed by atoms with Gasteiger partial charge in [-0.3, -0.25) is 0 Å². The van der Waals surface area contributed by atoms with E-state index in [2.05, 4.69) is 37.4 Å². The molecule has 1 aliphatic rings. The average molecular weight is 217 g/mol. The fourth-order valence-corrected chi connectivity index (χ4v) is 2.02. The minimum atomic E-state index is 0.806. The predicted octanol–water partition coefficient (Wildman–Crippen LogP) is 3.59. The normalized spacial score (nSPS) is 15.4. The van der Waals surface area contributed by atoms with Crippen molar-refractivity contribution < 1.29 is 0 Å². The molecule has 88 valence electrons. The van der Waals surface area contributed by atoms with Crippen LogP contribution in [0.25, 0.3) is 0 Å². The molecule has 1 fully saturated rings. The molecular formula is C15H23N. The summed E-state index contributed by atoms with van der Waals surface area (Å²) < 4.78 is 0. The topological polar surface area (TPSA) is 12.0 Å². The molecule has 0 aromatic heterocycles. The minimum Gasteiger partial charge on any atom is -0.310 e. The first kappa shape index (κ1) is 11.7. The Morgan fingerprint density at radius 2 is 2.12 bits per heavy atom. The van der Waals surface area contributed by atoms with E-state index in [0.29, 0.717) is 0 Å². The smallest absolute Gasteiger partial charge is 0.0208 e. The van der Waals surface area contributed by atoms with E-state index in [1.807, 2.05) is 0 Å². The molecule has 1 nitrogen and oxygen atoms in total. The molecule has 0 atom stereocenters. The van der Waals surface area contributed by atoms with Gasteiger partial charge in [0.2, 0.25) is 0 Å². The quantitative estimate of drug-likeness (QED) is 0.768. The molecule has 0 heterocycles. The Hall–Kier alpha value is -0.820. The number of hydrogen-bond donors (Lipinski definition) is 1. The predicted molar refractivity (Wildman–Crippen MR) is 69.7 cm³/mol. The summed E-state index contributed by atoms with van der Waals surface area (Å²) in [4.78, 5) is 0. The largest absolute Gasteiger partial charge is 0.310 e. The third-order valence-electron chi connectivity index (χ3n) is 3.39. The van der Waals surface area contributed by atoms with Crippen LogP contribution in [0.15, 0.2) is 18.2 Å². The summed E-state index contributed by atoms with van der Waals surface area (Å²) in [6.45, 7) is 5.53. The number of nitrogens with one attached hydrogen (secondary N) is 1. The van der Waals surface area contributed by atoms with Gasteiger partial charge in [-0.25, -0.2) is 0 Å². The van der Waals surface area contributed by atoms with E-state index < -0.39 is 0 Å². The van der Waals surface area contributed by atoms with Crippen molar-refractivity contribution in [3.8, 4) is 0 Å². The molecule has 0 spiro atoms. The maximum atomic E-state index is 3.58. The van der Waals surface area contributed by atoms with Gasteiger partial charge in [0.25, 0.3) is 0 Å². The van der Waals surface area contributed by atoms with Crippen molar-refractivity contribution in [2.45, 2.75) is 58.5 Å². The summed E-state index contributed by atoms with van der Waals surface area (Å²) in [6.07, 6.45) is 6.56. The number of unbranched alkanes of at least 4 members (excludes halogenated alkanes) is 1. The molecular weight excluding hydrogens is 194 g/mol. The van der Waals surface area contributed by atoms with Crippen LogP contribution in [-0.4, -0.2) is 6.04 Å². The molecule has 1 aromatic rings. The zero-order valence-corrected chi connectivity index (χ0v) is 10.6. The van der Waals surface area contributed by atoms with E-state index in [1.165, 1.54) is 48.8 Å². The van der Waals surface area contributed by atoms with Crippen LogP contribution in [0.1, 0.15) is 49.3 Å². The van der Waals surface area contributed by atoms with Gasteiger partial charge in [0.15, 0.2) is 0 Å². The first-order chi connectivity index (χ1) is 7.79. The second-order valence-electron chi connectivity index (χ2n) is 5.02. The van der Waals surface area contributed by atoms with E-state index in [0.717, 1.165) is 12.6 Å². The van der Waals surface area contributed by atoms with E-state index in [9.17, 15) is 0 Å². The Kier molecular flexibility index (Phi) is 4.00. The van der Waals surface area contributed by atoms with Crippen LogP contribution in [0.4, 0.5) is 0 Å². The van der Waals surface area contributed by atoms with Crippen molar-refractivity contribution in [3.05, 3.63) is 34.9 Å². The molecule has 0 saturated heterocycles. The Balaban J connectivity index is 1.95. The highest BCUT2D eigenvalue weighted by atomic mass is 14.9. The molecule has 1 aliphatic carbocycles. The Morgan fingerprint density at radius 3 is 2.81 bits per heavy atom. The van der Waals surface area contributed by atoms with Crippen LogP contribution in [0.3, 0.4) is 0 Å². The zero-order valence-electron chi connectivity index (χ0n) is 10.6. The number of hydrogen-bond acceptors (Lipinski definition) is 1. The van der Waals surface area contributed by atoms with Crippen molar-refractivity contribution in [2.75, 3.05) is 0 Å². The van der Waals surface area contributed by atoms with Gasteiger partial charge in [0.1, 0.15) is 0 Å². The van der Waals surface area contributed by atoms with Gasteiger partial charge in [0.05, 0.1) is 0 Å². The van der Waals surface area contributed by atoms with Crippen molar-refractivity contribution in [1.82, 2.24) is 5.32 Å². The molecule has 0 unspecified atom stereocenters. The monoisotopic (exact) mass is 217 g/mol. The Bertz CT molecular complexity index is 339. The van der Waals surface area contributed by atoms with Gasteiger partial charge in [0, 0.05) is 12.6 Å². The van der Waals surface area contributed by atoms with Crippen molar-refractivity contribution in [1.29, 1.82) is 0 Å². The lowest BCUT2D eigenvalue weighted by Gasteiger charge is -2.09. The molecule has 16 heavy (non-hydrogen) atoms. The second kappa shape index (κ2) is 5.49. The van der Waals surface area contributed by atoms with Crippen LogP contribution in [-0.2, 0) is 13.0 Å². The fraction of sp³-hybridized carbons (Fsp3) is 0.600. The molecule has 1 aromatic carbocycles. The number of benzene rings is 1. The van der Waals surface area contributed by atoms with Crippen molar-refractivity contribution in [2.24, 2.45) is 0 Å². The Labute approximate surface area is 99.3 Å². The molecule has 1 heteroatoms. The van der Waals surface area contributed by atoms with Crippen molar-refractivity contribution >= 4 is 0 Å². The van der Waals surface area contributed by atoms with Crippen LogP contribution in [0, 0.1) is 6.92 Å².